The van der Waals surface area contributed by atoms with Crippen LogP contribution >= 0.6 is 11.3 Å². The topological polar surface area (TPSA) is 62.8 Å². The van der Waals surface area contributed by atoms with Crippen LogP contribution in [0.4, 0.5) is 0 Å². The minimum atomic E-state index is -1.14. The van der Waals surface area contributed by atoms with Gasteiger partial charge < -0.3 is 0 Å². The van der Waals surface area contributed by atoms with Gasteiger partial charge in [0.05, 0.1) is 21.4 Å². The third-order valence-corrected chi connectivity index (χ3v) is 6.29. The molecule has 106 valence electrons. The number of nitrogens with one attached hydrogen (secondary N) is 1. The maximum Gasteiger partial charge on any atom is 0.165 e. The van der Waals surface area contributed by atoms with E-state index in [1.165, 1.54) is 11.3 Å². The molecule has 0 aromatic carbocycles. The number of ketones is 1. The van der Waals surface area contributed by atoms with Gasteiger partial charge in [-0.15, -0.1) is 11.3 Å². The number of hydrogen-bond acceptors (Lipinski definition) is 4. The van der Waals surface area contributed by atoms with Gasteiger partial charge in [0.2, 0.25) is 0 Å². The number of fused-ring (bicyclic) bond motifs is 1. The lowest BCUT2D eigenvalue weighted by Crippen LogP contribution is -2.27. The van der Waals surface area contributed by atoms with Crippen LogP contribution in [0.25, 0.3) is 10.6 Å². The number of carbonyl (C=O) groups excluding carboxylic acids is 1. The second-order valence-electron chi connectivity index (χ2n) is 5.94. The first-order chi connectivity index (χ1) is 9.39. The SMILES string of the molecule is CS(=O)c1sc(-c2ccn[nH]2)c2c1C(=O)CC(C)(C)C2. The molecule has 1 aliphatic carbocycles. The van der Waals surface area contributed by atoms with Crippen molar-refractivity contribution >= 4 is 27.9 Å². The van der Waals surface area contributed by atoms with Crippen LogP contribution in [0, 0.1) is 5.41 Å². The van der Waals surface area contributed by atoms with Crippen LogP contribution in [-0.4, -0.2) is 26.4 Å². The molecule has 0 spiro atoms. The number of aromatic nitrogens is 2. The Morgan fingerprint density at radius 1 is 1.40 bits per heavy atom. The monoisotopic (exact) mass is 308 g/mol. The lowest BCUT2D eigenvalue weighted by Gasteiger charge is -2.29. The van der Waals surface area contributed by atoms with Gasteiger partial charge in [-0.25, -0.2) is 0 Å². The lowest BCUT2D eigenvalue weighted by molar-refractivity contribution is 0.0910. The van der Waals surface area contributed by atoms with Gasteiger partial charge in [-0.2, -0.15) is 5.10 Å². The Morgan fingerprint density at radius 3 is 2.75 bits per heavy atom. The van der Waals surface area contributed by atoms with Gasteiger partial charge in [0, 0.05) is 24.4 Å². The van der Waals surface area contributed by atoms with Crippen LogP contribution in [0.2, 0.25) is 0 Å². The molecule has 2 heterocycles. The summed E-state index contributed by atoms with van der Waals surface area (Å²) in [5.74, 6) is 0.114. The maximum absolute atomic E-state index is 12.5. The fourth-order valence-corrected chi connectivity index (χ4v) is 5.05. The van der Waals surface area contributed by atoms with E-state index in [0.29, 0.717) is 16.2 Å². The number of nitrogens with zero attached hydrogens (tertiary/aromatic N) is 1. The highest BCUT2D eigenvalue weighted by Gasteiger charge is 2.37. The Morgan fingerprint density at radius 2 is 2.15 bits per heavy atom. The molecule has 0 amide bonds. The zero-order valence-electron chi connectivity index (χ0n) is 11.6. The molecule has 0 saturated heterocycles. The molecular weight excluding hydrogens is 292 g/mol. The van der Waals surface area contributed by atoms with Gasteiger partial charge in [-0.1, -0.05) is 13.8 Å². The predicted octanol–water partition coefficient (Wildman–Crippen LogP) is 3.03. The van der Waals surface area contributed by atoms with E-state index >= 15 is 0 Å². The molecule has 3 rings (SSSR count). The molecular formula is C14H16N2O2S2. The Hall–Kier alpha value is -1.27. The summed E-state index contributed by atoms with van der Waals surface area (Å²) in [4.78, 5) is 13.5. The predicted molar refractivity (Wildman–Crippen MR) is 80.7 cm³/mol. The molecule has 0 aliphatic heterocycles. The summed E-state index contributed by atoms with van der Waals surface area (Å²) in [6, 6.07) is 1.89. The van der Waals surface area contributed by atoms with Crippen molar-refractivity contribution in [1.29, 1.82) is 0 Å². The summed E-state index contributed by atoms with van der Waals surface area (Å²) < 4.78 is 12.6. The Labute approximate surface area is 124 Å². The average molecular weight is 308 g/mol. The normalized spacial score (nSPS) is 18.9. The Balaban J connectivity index is 2.26. The molecule has 4 nitrogen and oxygen atoms in total. The summed E-state index contributed by atoms with van der Waals surface area (Å²) in [7, 11) is -1.14. The smallest absolute Gasteiger partial charge is 0.165 e. The number of aromatic amines is 1. The quantitative estimate of drug-likeness (QED) is 0.927. The van der Waals surface area contributed by atoms with E-state index < -0.39 is 10.8 Å². The van der Waals surface area contributed by atoms with Crippen molar-refractivity contribution in [1.82, 2.24) is 10.2 Å². The van der Waals surface area contributed by atoms with Gasteiger partial charge in [0.25, 0.3) is 0 Å². The van der Waals surface area contributed by atoms with E-state index in [4.69, 9.17) is 0 Å². The molecule has 0 saturated carbocycles. The minimum Gasteiger partial charge on any atom is -0.294 e. The maximum atomic E-state index is 12.5. The molecule has 2 aromatic rings. The van der Waals surface area contributed by atoms with Crippen molar-refractivity contribution in [3.05, 3.63) is 23.4 Å². The first kappa shape index (κ1) is 13.7. The average Bonchev–Trinajstić information content (AvgIpc) is 2.92. The van der Waals surface area contributed by atoms with E-state index in [-0.39, 0.29) is 11.2 Å². The van der Waals surface area contributed by atoms with Crippen molar-refractivity contribution in [3.8, 4) is 10.6 Å². The van der Waals surface area contributed by atoms with E-state index in [1.54, 1.807) is 12.5 Å². The van der Waals surface area contributed by atoms with Crippen molar-refractivity contribution in [2.75, 3.05) is 6.26 Å². The fraction of sp³-hybridized carbons (Fsp3) is 0.429. The van der Waals surface area contributed by atoms with Crippen molar-refractivity contribution in [3.63, 3.8) is 0 Å². The van der Waals surface area contributed by atoms with E-state index in [9.17, 15) is 9.00 Å². The Kier molecular flexibility index (Phi) is 3.17. The second-order valence-corrected chi connectivity index (χ2v) is 8.53. The van der Waals surface area contributed by atoms with Crippen LogP contribution in [0.3, 0.4) is 0 Å². The van der Waals surface area contributed by atoms with Crippen LogP contribution < -0.4 is 0 Å². The zero-order valence-corrected chi connectivity index (χ0v) is 13.3. The fourth-order valence-electron chi connectivity index (χ4n) is 2.76. The number of H-pyrrole nitrogens is 1. The number of thiophene rings is 1. The summed E-state index contributed by atoms with van der Waals surface area (Å²) in [6.45, 7) is 4.20. The highest BCUT2D eigenvalue weighted by molar-refractivity contribution is 7.86. The molecule has 0 radical (unpaired) electrons. The number of hydrogen-bond donors (Lipinski definition) is 1. The third kappa shape index (κ3) is 2.16. The zero-order chi connectivity index (χ0) is 14.5. The number of carbonyl (C=O) groups is 1. The van der Waals surface area contributed by atoms with Gasteiger partial charge in [0.1, 0.15) is 4.21 Å². The van der Waals surface area contributed by atoms with E-state index in [1.807, 2.05) is 6.07 Å². The first-order valence-corrected chi connectivity index (χ1v) is 8.78. The van der Waals surface area contributed by atoms with E-state index in [2.05, 4.69) is 24.0 Å². The Bertz CT molecular complexity index is 699. The summed E-state index contributed by atoms with van der Waals surface area (Å²) >= 11 is 1.45. The summed E-state index contributed by atoms with van der Waals surface area (Å²) in [5, 5.41) is 6.93. The molecule has 20 heavy (non-hydrogen) atoms. The van der Waals surface area contributed by atoms with Crippen LogP contribution in [0.5, 0.6) is 0 Å². The standard InChI is InChI=1S/C14H16N2O2S2/c1-14(2)6-8-11(10(17)7-14)13(20(3)18)19-12(8)9-4-5-15-16-9/h4-5H,6-7H2,1-3H3,(H,15,16). The highest BCUT2D eigenvalue weighted by atomic mass is 32.2. The lowest BCUT2D eigenvalue weighted by atomic mass is 9.74. The molecule has 1 aliphatic rings. The van der Waals surface area contributed by atoms with Crippen molar-refractivity contribution in [2.45, 2.75) is 30.9 Å². The minimum absolute atomic E-state index is 0.0492. The van der Waals surface area contributed by atoms with Crippen molar-refractivity contribution in [2.24, 2.45) is 5.41 Å². The molecule has 6 heteroatoms. The van der Waals surface area contributed by atoms with Crippen LogP contribution in [-0.2, 0) is 17.2 Å². The van der Waals surface area contributed by atoms with Crippen LogP contribution in [0.1, 0.15) is 36.2 Å². The number of rotatable bonds is 2. The van der Waals surface area contributed by atoms with E-state index in [0.717, 1.165) is 22.6 Å². The van der Waals surface area contributed by atoms with Gasteiger partial charge >= 0.3 is 0 Å². The highest BCUT2D eigenvalue weighted by Crippen LogP contribution is 2.45. The number of Topliss-reactive ketones (excluding diaryl/α,β-unsaturated/α-hetero) is 1. The third-order valence-electron chi connectivity index (χ3n) is 3.55. The largest absolute Gasteiger partial charge is 0.294 e. The molecule has 1 atom stereocenters. The molecule has 0 fully saturated rings. The van der Waals surface area contributed by atoms with Crippen LogP contribution in [0.15, 0.2) is 16.5 Å². The second kappa shape index (κ2) is 4.63. The molecule has 1 N–H and O–H groups in total. The van der Waals surface area contributed by atoms with Crippen molar-refractivity contribution < 1.29 is 9.00 Å². The molecule has 0 bridgehead atoms. The molecule has 2 aromatic heterocycles. The summed E-state index contributed by atoms with van der Waals surface area (Å²) in [5.41, 5.74) is 2.57. The first-order valence-electron chi connectivity index (χ1n) is 6.41. The molecule has 1 unspecified atom stereocenters. The van der Waals surface area contributed by atoms with Gasteiger partial charge in [0.15, 0.2) is 5.78 Å². The van der Waals surface area contributed by atoms with Gasteiger partial charge in [-0.05, 0) is 23.5 Å². The summed E-state index contributed by atoms with van der Waals surface area (Å²) in [6.07, 6.45) is 4.68. The van der Waals surface area contributed by atoms with Gasteiger partial charge in [-0.3, -0.25) is 14.1 Å².